The van der Waals surface area contributed by atoms with Gasteiger partial charge in [-0.05, 0) is 38.0 Å². The summed E-state index contributed by atoms with van der Waals surface area (Å²) in [6.45, 7) is 1.86. The number of hydrogen-bond acceptors (Lipinski definition) is 7. The van der Waals surface area contributed by atoms with Gasteiger partial charge in [-0.1, -0.05) is 0 Å². The van der Waals surface area contributed by atoms with Crippen molar-refractivity contribution in [2.75, 3.05) is 7.11 Å². The van der Waals surface area contributed by atoms with Crippen LogP contribution in [0.15, 0.2) is 27.9 Å². The lowest BCUT2D eigenvalue weighted by Crippen LogP contribution is -2.34. The van der Waals surface area contributed by atoms with Gasteiger partial charge in [0.25, 0.3) is 0 Å². The van der Waals surface area contributed by atoms with Crippen LogP contribution in [0.1, 0.15) is 19.8 Å². The molecule has 25 heavy (non-hydrogen) atoms. The molecule has 9 nitrogen and oxygen atoms in total. The molecule has 1 aromatic carbocycles. The van der Waals surface area contributed by atoms with E-state index in [0.29, 0.717) is 16.2 Å². The lowest BCUT2D eigenvalue weighted by atomic mass is 10.3. The molecule has 1 aliphatic rings. The molecule has 1 aliphatic carbocycles. The highest BCUT2D eigenvalue weighted by molar-refractivity contribution is 7.89. The minimum atomic E-state index is -3.67. The third-order valence-corrected chi connectivity index (χ3v) is 6.44. The number of sulfonamides is 1. The molecule has 2 heterocycles. The summed E-state index contributed by atoms with van der Waals surface area (Å²) in [6, 6.07) is 4.63. The monoisotopic (exact) mass is 381 g/mol. The van der Waals surface area contributed by atoms with Gasteiger partial charge in [0.1, 0.15) is 0 Å². The van der Waals surface area contributed by atoms with Crippen molar-refractivity contribution in [1.29, 1.82) is 0 Å². The molecule has 0 radical (unpaired) electrons. The molecule has 1 fully saturated rings. The fraction of sp³-hybridized carbons (Fsp3) is 0.357. The van der Waals surface area contributed by atoms with Crippen molar-refractivity contribution in [2.45, 2.75) is 30.2 Å². The van der Waals surface area contributed by atoms with Crippen LogP contribution in [0.3, 0.4) is 0 Å². The fourth-order valence-corrected chi connectivity index (χ4v) is 4.63. The molecule has 132 valence electrons. The first-order chi connectivity index (χ1) is 11.8. The molecular weight excluding hydrogens is 366 g/mol. The third kappa shape index (κ3) is 2.83. The molecule has 3 aromatic rings. The molecule has 4 rings (SSSR count). The number of aromatic nitrogens is 4. The van der Waals surface area contributed by atoms with Gasteiger partial charge in [-0.2, -0.15) is 4.98 Å². The summed E-state index contributed by atoms with van der Waals surface area (Å²) in [7, 11) is -2.24. The van der Waals surface area contributed by atoms with E-state index in [2.05, 4.69) is 19.1 Å². The molecule has 0 saturated heterocycles. The van der Waals surface area contributed by atoms with Crippen LogP contribution in [0.25, 0.3) is 16.2 Å². The van der Waals surface area contributed by atoms with Crippen LogP contribution in [-0.2, 0) is 10.0 Å². The van der Waals surface area contributed by atoms with Gasteiger partial charge >= 0.3 is 11.7 Å². The molecule has 2 N–H and O–H groups in total. The molecule has 0 bridgehead atoms. The van der Waals surface area contributed by atoms with E-state index < -0.39 is 15.7 Å². The normalized spacial score (nSPS) is 16.2. The first-order valence-electron chi connectivity index (χ1n) is 7.48. The number of nitrogens with zero attached hydrogens (tertiary/aromatic N) is 3. The van der Waals surface area contributed by atoms with Gasteiger partial charge in [-0.25, -0.2) is 22.5 Å². The lowest BCUT2D eigenvalue weighted by molar-refractivity contribution is 0.385. The molecule has 0 spiro atoms. The van der Waals surface area contributed by atoms with Crippen LogP contribution in [0.5, 0.6) is 6.01 Å². The largest absolute Gasteiger partial charge is 0.466 e. The van der Waals surface area contributed by atoms with E-state index >= 15 is 0 Å². The van der Waals surface area contributed by atoms with Crippen LogP contribution in [0.2, 0.25) is 0 Å². The van der Waals surface area contributed by atoms with Crippen molar-refractivity contribution >= 4 is 32.6 Å². The number of methoxy groups -OCH3 is 1. The summed E-state index contributed by atoms with van der Waals surface area (Å²) < 4.78 is 38.1. The van der Waals surface area contributed by atoms with Crippen LogP contribution >= 0.6 is 11.5 Å². The molecule has 0 unspecified atom stereocenters. The van der Waals surface area contributed by atoms with Gasteiger partial charge in [0.15, 0.2) is 0 Å². The maximum Gasteiger partial charge on any atom is 0.332 e. The van der Waals surface area contributed by atoms with Gasteiger partial charge in [0, 0.05) is 17.1 Å². The Balaban J connectivity index is 1.85. The summed E-state index contributed by atoms with van der Waals surface area (Å²) >= 11 is 0.986. The summed E-state index contributed by atoms with van der Waals surface area (Å²) in [5.41, 5.74) is 0.118. The van der Waals surface area contributed by atoms with Crippen LogP contribution < -0.4 is 15.1 Å². The maximum atomic E-state index is 12.6. The van der Waals surface area contributed by atoms with E-state index in [-0.39, 0.29) is 16.4 Å². The Hall–Kier alpha value is -2.24. The number of fused-ring (bicyclic) bond motifs is 1. The Labute approximate surface area is 146 Å². The van der Waals surface area contributed by atoms with E-state index in [4.69, 9.17) is 4.74 Å². The van der Waals surface area contributed by atoms with Crippen molar-refractivity contribution in [3.8, 4) is 11.1 Å². The van der Waals surface area contributed by atoms with Crippen molar-refractivity contribution in [2.24, 2.45) is 0 Å². The van der Waals surface area contributed by atoms with Crippen LogP contribution in [0.4, 0.5) is 0 Å². The SMILES string of the molecule is COc1nsc(-n2c(=O)[nH]c3ccc(S(=O)(=O)NC4(C)CC4)cc32)n1. The maximum absolute atomic E-state index is 12.6. The fourth-order valence-electron chi connectivity index (χ4n) is 2.49. The summed E-state index contributed by atoms with van der Waals surface area (Å²) in [5, 5.41) is 0.296. The number of aromatic amines is 1. The van der Waals surface area contributed by atoms with Crippen LogP contribution in [0, 0.1) is 0 Å². The van der Waals surface area contributed by atoms with E-state index in [1.54, 1.807) is 6.07 Å². The topological polar surface area (TPSA) is 119 Å². The van der Waals surface area contributed by atoms with E-state index in [1.807, 2.05) is 6.92 Å². The van der Waals surface area contributed by atoms with Crippen molar-refractivity contribution in [3.05, 3.63) is 28.7 Å². The average Bonchev–Trinajstić information content (AvgIpc) is 2.98. The highest BCUT2D eigenvalue weighted by Crippen LogP contribution is 2.36. The van der Waals surface area contributed by atoms with Gasteiger partial charge < -0.3 is 9.72 Å². The second-order valence-electron chi connectivity index (χ2n) is 6.17. The average molecular weight is 381 g/mol. The molecule has 0 amide bonds. The van der Waals surface area contributed by atoms with Crippen LogP contribution in [-0.4, -0.2) is 40.0 Å². The number of nitrogens with one attached hydrogen (secondary N) is 2. The van der Waals surface area contributed by atoms with Gasteiger partial charge in [-0.15, -0.1) is 4.37 Å². The van der Waals surface area contributed by atoms with Crippen molar-refractivity contribution < 1.29 is 13.2 Å². The number of ether oxygens (including phenoxy) is 1. The van der Waals surface area contributed by atoms with Gasteiger partial charge in [-0.3, -0.25) is 0 Å². The first kappa shape index (κ1) is 16.2. The molecule has 1 saturated carbocycles. The standard InChI is InChI=1S/C14H15N5O4S2/c1-14(5-6-14)18-25(21,22)8-3-4-9-10(7-8)19(12(20)15-9)13-16-11(23-2)17-24-13/h3-4,7,18H,5-6H2,1-2H3,(H,15,20). The Kier molecular flexibility index (Phi) is 3.49. The second kappa shape index (κ2) is 5.38. The van der Waals surface area contributed by atoms with E-state index in [9.17, 15) is 13.2 Å². The third-order valence-electron chi connectivity index (χ3n) is 4.12. The number of hydrogen-bond donors (Lipinski definition) is 2. The zero-order valence-electron chi connectivity index (χ0n) is 13.4. The molecule has 11 heteroatoms. The smallest absolute Gasteiger partial charge is 0.332 e. The van der Waals surface area contributed by atoms with Crippen molar-refractivity contribution in [1.82, 2.24) is 23.6 Å². The number of benzene rings is 1. The first-order valence-corrected chi connectivity index (χ1v) is 9.74. The van der Waals surface area contributed by atoms with Crippen molar-refractivity contribution in [3.63, 3.8) is 0 Å². The predicted octanol–water partition coefficient (Wildman–Crippen LogP) is 1.01. The Morgan fingerprint density at radius 2 is 2.16 bits per heavy atom. The quantitative estimate of drug-likeness (QED) is 0.681. The lowest BCUT2D eigenvalue weighted by Gasteiger charge is -2.12. The zero-order valence-corrected chi connectivity index (χ0v) is 15.1. The molecule has 0 atom stereocenters. The minimum absolute atomic E-state index is 0.0948. The van der Waals surface area contributed by atoms with Gasteiger partial charge in [0.05, 0.1) is 23.0 Å². The van der Waals surface area contributed by atoms with Gasteiger partial charge in [0.2, 0.25) is 15.2 Å². The molecular formula is C14H15N5O4S2. The summed E-state index contributed by atoms with van der Waals surface area (Å²) in [6.07, 6.45) is 1.63. The highest BCUT2D eigenvalue weighted by Gasteiger charge is 2.41. The molecule has 2 aromatic heterocycles. The Morgan fingerprint density at radius 3 is 2.80 bits per heavy atom. The van der Waals surface area contributed by atoms with E-state index in [0.717, 1.165) is 24.4 Å². The molecule has 0 aliphatic heterocycles. The van der Waals surface area contributed by atoms with E-state index in [1.165, 1.54) is 23.8 Å². The number of imidazole rings is 1. The Bertz CT molecular complexity index is 1120. The highest BCUT2D eigenvalue weighted by atomic mass is 32.2. The minimum Gasteiger partial charge on any atom is -0.466 e. The predicted molar refractivity (Wildman–Crippen MR) is 91.9 cm³/mol. The second-order valence-corrected chi connectivity index (χ2v) is 8.59. The Morgan fingerprint density at radius 1 is 1.40 bits per heavy atom. The summed E-state index contributed by atoms with van der Waals surface area (Å²) in [5.74, 6) is 0. The number of H-pyrrole nitrogens is 1. The number of rotatable bonds is 5. The zero-order chi connectivity index (χ0) is 17.8. The summed E-state index contributed by atoms with van der Waals surface area (Å²) in [4.78, 5) is 19.2.